The third kappa shape index (κ3) is 5.29. The number of aliphatic hydroxyl groups is 2. The second-order valence-electron chi connectivity index (χ2n) is 8.21. The number of benzene rings is 3. The molecule has 0 bridgehead atoms. The van der Waals surface area contributed by atoms with Crippen LogP contribution in [-0.2, 0) is 4.74 Å². The third-order valence-electron chi connectivity index (χ3n) is 5.84. The Morgan fingerprint density at radius 1 is 0.912 bits per heavy atom. The van der Waals surface area contributed by atoms with E-state index in [4.69, 9.17) is 16.3 Å². The number of aliphatic hydroxyl groups excluding tert-OH is 1. The lowest BCUT2D eigenvalue weighted by atomic mass is 9.96. The monoisotopic (exact) mass is 480 g/mol. The van der Waals surface area contributed by atoms with Crippen LogP contribution in [0.3, 0.4) is 0 Å². The van der Waals surface area contributed by atoms with Crippen molar-refractivity contribution in [3.63, 3.8) is 0 Å². The molecule has 3 atom stereocenters. The maximum Gasteiger partial charge on any atom is 0.252 e. The third-order valence-corrected chi connectivity index (χ3v) is 6.17. The number of hydrogen-bond acceptors (Lipinski definition) is 5. The van der Waals surface area contributed by atoms with Crippen molar-refractivity contribution in [3.05, 3.63) is 95.0 Å². The van der Waals surface area contributed by atoms with Crippen LogP contribution in [-0.4, -0.2) is 59.5 Å². The number of carbonyl (C=O) groups is 2. The van der Waals surface area contributed by atoms with Crippen LogP contribution < -0.4 is 10.6 Å². The van der Waals surface area contributed by atoms with Crippen LogP contribution >= 0.6 is 11.6 Å². The Morgan fingerprint density at radius 2 is 1.56 bits per heavy atom. The maximum absolute atomic E-state index is 12.6. The molecule has 1 heterocycles. The van der Waals surface area contributed by atoms with Crippen molar-refractivity contribution in [2.24, 2.45) is 0 Å². The van der Waals surface area contributed by atoms with Crippen molar-refractivity contribution in [1.82, 2.24) is 10.6 Å². The second kappa shape index (κ2) is 10.4. The summed E-state index contributed by atoms with van der Waals surface area (Å²) in [6.07, 6.45) is -2.14. The predicted molar refractivity (Wildman–Crippen MR) is 129 cm³/mol. The van der Waals surface area contributed by atoms with Crippen molar-refractivity contribution in [1.29, 1.82) is 0 Å². The molecule has 7 nitrogen and oxygen atoms in total. The minimum Gasteiger partial charge on any atom is -0.387 e. The highest BCUT2D eigenvalue weighted by Crippen LogP contribution is 2.25. The Kier molecular flexibility index (Phi) is 7.29. The van der Waals surface area contributed by atoms with Crippen LogP contribution in [0.2, 0.25) is 5.02 Å². The fourth-order valence-corrected chi connectivity index (χ4v) is 4.04. The summed E-state index contributed by atoms with van der Waals surface area (Å²) in [6, 6.07) is 23.5. The topological polar surface area (TPSA) is 108 Å². The molecule has 1 aliphatic rings. The molecule has 3 aromatic rings. The van der Waals surface area contributed by atoms with Gasteiger partial charge in [-0.3, -0.25) is 9.59 Å². The first-order chi connectivity index (χ1) is 16.4. The smallest absolute Gasteiger partial charge is 0.252 e. The molecule has 0 spiro atoms. The molecular weight excluding hydrogens is 456 g/mol. The molecule has 4 rings (SSSR count). The molecule has 0 aromatic heterocycles. The number of nitrogens with one attached hydrogen (secondary N) is 2. The van der Waals surface area contributed by atoms with E-state index in [2.05, 4.69) is 10.6 Å². The number of hydrogen-bond donors (Lipinski definition) is 4. The van der Waals surface area contributed by atoms with Crippen LogP contribution in [0.4, 0.5) is 0 Å². The molecule has 176 valence electrons. The summed E-state index contributed by atoms with van der Waals surface area (Å²) in [5.74, 6) is -0.792. The van der Waals surface area contributed by atoms with E-state index in [1.807, 2.05) is 42.5 Å². The van der Waals surface area contributed by atoms with Gasteiger partial charge in [-0.05, 0) is 35.4 Å². The van der Waals surface area contributed by atoms with Gasteiger partial charge in [0.15, 0.2) is 0 Å². The molecule has 8 heteroatoms. The van der Waals surface area contributed by atoms with Gasteiger partial charge in [0, 0.05) is 12.1 Å². The standard InChI is InChI=1S/C26H25ClN2O5/c27-21-9-5-4-8-20(21)25(32)28-14-22-23(30)26(33,16-34-22)15-29-24(31)19-12-10-18(11-13-19)17-6-2-1-3-7-17/h1-13,22-23,30,33H,14-16H2,(H,28,32)(H,29,31)/t22-,23-,26+/m1/s1. The fourth-order valence-electron chi connectivity index (χ4n) is 3.81. The SMILES string of the molecule is O=C(NC[C@]1(O)CO[C@H](CNC(=O)c2ccccc2Cl)[C@H]1O)c1ccc(-c2ccccc2)cc1. The largest absolute Gasteiger partial charge is 0.387 e. The van der Waals surface area contributed by atoms with Gasteiger partial charge in [-0.1, -0.05) is 66.2 Å². The molecule has 34 heavy (non-hydrogen) atoms. The zero-order valence-electron chi connectivity index (χ0n) is 18.3. The minimum absolute atomic E-state index is 0.0254. The average Bonchev–Trinajstić information content (AvgIpc) is 3.15. The molecule has 1 saturated heterocycles. The minimum atomic E-state index is -1.68. The molecule has 0 aliphatic carbocycles. The number of halogens is 1. The van der Waals surface area contributed by atoms with Gasteiger partial charge >= 0.3 is 0 Å². The first-order valence-corrected chi connectivity index (χ1v) is 11.2. The van der Waals surface area contributed by atoms with Gasteiger partial charge in [0.25, 0.3) is 11.8 Å². The fraction of sp³-hybridized carbons (Fsp3) is 0.231. The Hall–Kier alpha value is -3.23. The highest BCUT2D eigenvalue weighted by molar-refractivity contribution is 6.33. The van der Waals surface area contributed by atoms with Gasteiger partial charge in [0.05, 0.1) is 23.7 Å². The highest BCUT2D eigenvalue weighted by Gasteiger charge is 2.48. The van der Waals surface area contributed by atoms with E-state index in [0.717, 1.165) is 11.1 Å². The summed E-state index contributed by atoms with van der Waals surface area (Å²) in [6.45, 7) is -0.418. The summed E-state index contributed by atoms with van der Waals surface area (Å²) in [7, 11) is 0. The van der Waals surface area contributed by atoms with Crippen molar-refractivity contribution >= 4 is 23.4 Å². The van der Waals surface area contributed by atoms with Gasteiger partial charge in [-0.2, -0.15) is 0 Å². The number of rotatable bonds is 7. The van der Waals surface area contributed by atoms with Crippen LogP contribution in [0, 0.1) is 0 Å². The number of ether oxygens (including phenoxy) is 1. The van der Waals surface area contributed by atoms with E-state index in [-0.39, 0.29) is 25.6 Å². The van der Waals surface area contributed by atoms with Crippen molar-refractivity contribution in [2.45, 2.75) is 17.8 Å². The summed E-state index contributed by atoms with van der Waals surface area (Å²) in [4.78, 5) is 24.9. The van der Waals surface area contributed by atoms with Crippen molar-refractivity contribution in [3.8, 4) is 11.1 Å². The Balaban J connectivity index is 1.30. The molecule has 4 N–H and O–H groups in total. The summed E-state index contributed by atoms with van der Waals surface area (Å²) in [5, 5.41) is 27.0. The van der Waals surface area contributed by atoms with E-state index in [1.165, 1.54) is 0 Å². The Morgan fingerprint density at radius 3 is 2.26 bits per heavy atom. The lowest BCUT2D eigenvalue weighted by molar-refractivity contribution is -0.0464. The molecule has 0 radical (unpaired) electrons. The van der Waals surface area contributed by atoms with Crippen molar-refractivity contribution in [2.75, 3.05) is 19.7 Å². The summed E-state index contributed by atoms with van der Waals surface area (Å²) < 4.78 is 5.50. The van der Waals surface area contributed by atoms with E-state index < -0.39 is 23.7 Å². The first-order valence-electron chi connectivity index (χ1n) is 10.9. The van der Waals surface area contributed by atoms with Gasteiger partial charge in [-0.25, -0.2) is 0 Å². The van der Waals surface area contributed by atoms with E-state index in [9.17, 15) is 19.8 Å². The number of carbonyl (C=O) groups excluding carboxylic acids is 2. The van der Waals surface area contributed by atoms with Crippen molar-refractivity contribution < 1.29 is 24.5 Å². The number of amides is 2. The van der Waals surface area contributed by atoms with Gasteiger partial charge in [-0.15, -0.1) is 0 Å². The van der Waals surface area contributed by atoms with Gasteiger partial charge in [0.2, 0.25) is 0 Å². The second-order valence-corrected chi connectivity index (χ2v) is 8.62. The van der Waals surface area contributed by atoms with Crippen LogP contribution in [0.5, 0.6) is 0 Å². The molecule has 3 aromatic carbocycles. The molecule has 0 unspecified atom stereocenters. The van der Waals surface area contributed by atoms with Gasteiger partial charge in [0.1, 0.15) is 17.8 Å². The molecular formula is C26H25ClN2O5. The lowest BCUT2D eigenvalue weighted by Crippen LogP contribution is -2.53. The molecule has 1 aliphatic heterocycles. The zero-order chi connectivity index (χ0) is 24.1. The maximum atomic E-state index is 12.6. The Bertz CT molecular complexity index is 1160. The molecule has 1 fully saturated rings. The van der Waals surface area contributed by atoms with Gasteiger partial charge < -0.3 is 25.6 Å². The predicted octanol–water partition coefficient (Wildman–Crippen LogP) is 2.66. The Labute approximate surface area is 202 Å². The highest BCUT2D eigenvalue weighted by atomic mass is 35.5. The van der Waals surface area contributed by atoms with Crippen LogP contribution in [0.25, 0.3) is 11.1 Å². The summed E-state index contributed by atoms with van der Waals surface area (Å²) in [5.41, 5.74) is 1.08. The zero-order valence-corrected chi connectivity index (χ0v) is 19.0. The molecule has 2 amide bonds. The first kappa shape index (κ1) is 23.9. The van der Waals surface area contributed by atoms with E-state index in [1.54, 1.807) is 36.4 Å². The summed E-state index contributed by atoms with van der Waals surface area (Å²) >= 11 is 6.03. The average molecular weight is 481 g/mol. The normalized spacial score (nSPS) is 21.7. The lowest BCUT2D eigenvalue weighted by Gasteiger charge is -2.26. The van der Waals surface area contributed by atoms with E-state index >= 15 is 0 Å². The van der Waals surface area contributed by atoms with Crippen LogP contribution in [0.15, 0.2) is 78.9 Å². The quantitative estimate of drug-likeness (QED) is 0.416. The van der Waals surface area contributed by atoms with Crippen LogP contribution in [0.1, 0.15) is 20.7 Å². The van der Waals surface area contributed by atoms with E-state index in [0.29, 0.717) is 16.1 Å². The molecule has 0 saturated carbocycles.